The van der Waals surface area contributed by atoms with E-state index in [0.717, 1.165) is 18.5 Å². The van der Waals surface area contributed by atoms with Gasteiger partial charge in [-0.15, -0.1) is 0 Å². The average molecular weight is 412 g/mol. The third-order valence-corrected chi connectivity index (χ3v) is 6.08. The Bertz CT molecular complexity index is 1160. The topological polar surface area (TPSA) is 70.7 Å². The Morgan fingerprint density at radius 3 is 2.73 bits per heavy atom. The average Bonchev–Trinajstić information content (AvgIpc) is 3.40. The van der Waals surface area contributed by atoms with E-state index in [2.05, 4.69) is 17.0 Å². The summed E-state index contributed by atoms with van der Waals surface area (Å²) in [7, 11) is 1.75. The molecule has 0 unspecified atom stereocenters. The molecule has 0 radical (unpaired) electrons. The van der Waals surface area contributed by atoms with Gasteiger partial charge in [0.2, 0.25) is 5.82 Å². The SMILES string of the molecule is CC(C)Oc1c(CC(=O)c2ccn(C)n2)cn2cc(C34COC(C)(C3)C4)nc2c1F. The van der Waals surface area contributed by atoms with Gasteiger partial charge in [-0.3, -0.25) is 9.48 Å². The number of hydrogen-bond donors (Lipinski definition) is 0. The lowest BCUT2D eigenvalue weighted by Gasteiger charge is -2.41. The molecule has 3 aromatic rings. The molecule has 0 atom stereocenters. The highest BCUT2D eigenvalue weighted by atomic mass is 19.1. The van der Waals surface area contributed by atoms with Crippen LogP contribution in [-0.2, 0) is 23.6 Å². The number of carbonyl (C=O) groups excluding carboxylic acids is 1. The summed E-state index contributed by atoms with van der Waals surface area (Å²) in [6.07, 6.45) is 6.86. The number of rotatable bonds is 6. The van der Waals surface area contributed by atoms with Gasteiger partial charge in [-0.25, -0.2) is 4.98 Å². The summed E-state index contributed by atoms with van der Waals surface area (Å²) in [6, 6.07) is 1.66. The lowest BCUT2D eigenvalue weighted by atomic mass is 9.62. The molecule has 2 saturated heterocycles. The summed E-state index contributed by atoms with van der Waals surface area (Å²) < 4.78 is 30.4. The van der Waals surface area contributed by atoms with E-state index in [0.29, 0.717) is 17.9 Å². The second-order valence-electron chi connectivity index (χ2n) is 9.17. The molecule has 5 heterocycles. The number of Topliss-reactive ketones (excluding diaryl/α,β-unsaturated/α-hetero) is 1. The molecule has 3 fully saturated rings. The van der Waals surface area contributed by atoms with Gasteiger partial charge in [-0.1, -0.05) is 0 Å². The van der Waals surface area contributed by atoms with E-state index in [1.165, 1.54) is 0 Å². The number of carbonyl (C=O) groups is 1. The van der Waals surface area contributed by atoms with Crippen LogP contribution < -0.4 is 4.74 Å². The standard InChI is InChI=1S/C22H25FN4O3/c1-13(2)30-19-14(7-16(28)15-5-6-26(4)25-15)8-27-9-17(24-20(27)18(19)23)22-10-21(3,11-22)29-12-22/h5-6,8-9,13H,7,10-12H2,1-4H3. The zero-order chi connectivity index (χ0) is 21.3. The molecule has 2 aliphatic heterocycles. The Kier molecular flexibility index (Phi) is 4.09. The summed E-state index contributed by atoms with van der Waals surface area (Å²) >= 11 is 0. The third-order valence-electron chi connectivity index (χ3n) is 6.08. The highest BCUT2D eigenvalue weighted by Gasteiger charge is 2.61. The number of halogens is 1. The van der Waals surface area contributed by atoms with E-state index in [1.54, 1.807) is 34.6 Å². The van der Waals surface area contributed by atoms with E-state index in [1.807, 2.05) is 20.0 Å². The van der Waals surface area contributed by atoms with Crippen molar-refractivity contribution in [3.8, 4) is 5.75 Å². The predicted octanol–water partition coefficient (Wildman–Crippen LogP) is 3.24. The quantitative estimate of drug-likeness (QED) is 0.582. The molecule has 3 aromatic heterocycles. The molecular formula is C22H25FN4O3. The molecule has 158 valence electrons. The van der Waals surface area contributed by atoms with Crippen molar-refractivity contribution in [2.24, 2.45) is 7.05 Å². The number of nitrogens with zero attached hydrogens (tertiary/aromatic N) is 4. The Hall–Kier alpha value is -2.74. The Morgan fingerprint density at radius 2 is 2.13 bits per heavy atom. The number of ketones is 1. The Balaban J connectivity index is 1.56. The number of ether oxygens (including phenoxy) is 2. The molecule has 30 heavy (non-hydrogen) atoms. The highest BCUT2D eigenvalue weighted by molar-refractivity contribution is 5.96. The van der Waals surface area contributed by atoms with E-state index in [-0.39, 0.29) is 40.7 Å². The molecule has 6 rings (SSSR count). The van der Waals surface area contributed by atoms with E-state index < -0.39 is 5.82 Å². The lowest BCUT2D eigenvalue weighted by Crippen LogP contribution is -2.45. The van der Waals surface area contributed by atoms with Crippen molar-refractivity contribution in [3.05, 3.63) is 47.4 Å². The molecule has 0 N–H and O–H groups in total. The zero-order valence-electron chi connectivity index (χ0n) is 17.6. The zero-order valence-corrected chi connectivity index (χ0v) is 17.6. The molecule has 7 nitrogen and oxygen atoms in total. The number of aromatic nitrogens is 4. The molecule has 2 bridgehead atoms. The van der Waals surface area contributed by atoms with Crippen molar-refractivity contribution in [3.63, 3.8) is 0 Å². The van der Waals surface area contributed by atoms with Crippen molar-refractivity contribution >= 4 is 11.4 Å². The van der Waals surface area contributed by atoms with Crippen LogP contribution in [0.5, 0.6) is 5.75 Å². The minimum atomic E-state index is -0.543. The maximum Gasteiger partial charge on any atom is 0.208 e. The molecular weight excluding hydrogens is 387 g/mol. The van der Waals surface area contributed by atoms with Crippen molar-refractivity contribution in [1.82, 2.24) is 19.2 Å². The minimum absolute atomic E-state index is 0.00817. The van der Waals surface area contributed by atoms with Crippen molar-refractivity contribution in [2.45, 2.75) is 57.2 Å². The first-order valence-corrected chi connectivity index (χ1v) is 10.2. The van der Waals surface area contributed by atoms with Crippen LogP contribution in [0.2, 0.25) is 0 Å². The van der Waals surface area contributed by atoms with Gasteiger partial charge in [0.05, 0.1) is 24.0 Å². The summed E-state index contributed by atoms with van der Waals surface area (Å²) in [6.45, 7) is 6.37. The van der Waals surface area contributed by atoms with Gasteiger partial charge in [0.25, 0.3) is 0 Å². The van der Waals surface area contributed by atoms with Gasteiger partial charge in [0, 0.05) is 43.0 Å². The normalized spacial score (nSPS) is 25.1. The van der Waals surface area contributed by atoms with Gasteiger partial charge in [-0.2, -0.15) is 9.49 Å². The maximum absolute atomic E-state index is 15.5. The molecule has 8 heteroatoms. The third kappa shape index (κ3) is 2.93. The summed E-state index contributed by atoms with van der Waals surface area (Å²) in [5, 5.41) is 4.16. The molecule has 0 aromatic carbocycles. The van der Waals surface area contributed by atoms with E-state index in [4.69, 9.17) is 9.47 Å². The van der Waals surface area contributed by atoms with E-state index >= 15 is 4.39 Å². The van der Waals surface area contributed by atoms with Gasteiger partial charge >= 0.3 is 0 Å². The van der Waals surface area contributed by atoms with Crippen LogP contribution in [0.4, 0.5) is 4.39 Å². The number of hydrogen-bond acceptors (Lipinski definition) is 5. The van der Waals surface area contributed by atoms with Crippen LogP contribution in [0.3, 0.4) is 0 Å². The first kappa shape index (κ1) is 19.2. The monoisotopic (exact) mass is 412 g/mol. The summed E-state index contributed by atoms with van der Waals surface area (Å²) in [5.41, 5.74) is 1.64. The number of pyridine rings is 1. The van der Waals surface area contributed by atoms with Gasteiger partial charge < -0.3 is 13.9 Å². The number of aryl methyl sites for hydroxylation is 1. The lowest BCUT2D eigenvalue weighted by molar-refractivity contribution is 0.0154. The fraction of sp³-hybridized carbons (Fsp3) is 0.500. The summed E-state index contributed by atoms with van der Waals surface area (Å²) in [5.74, 6) is -0.655. The predicted molar refractivity (Wildman–Crippen MR) is 107 cm³/mol. The first-order chi connectivity index (χ1) is 14.2. The molecule has 1 aliphatic carbocycles. The Labute approximate surface area is 173 Å². The highest BCUT2D eigenvalue weighted by Crippen LogP contribution is 2.58. The number of imidazole rings is 1. The number of fused-ring (bicyclic) bond motifs is 2. The van der Waals surface area contributed by atoms with Crippen molar-refractivity contribution < 1.29 is 18.7 Å². The van der Waals surface area contributed by atoms with Crippen LogP contribution in [0, 0.1) is 5.82 Å². The van der Waals surface area contributed by atoms with E-state index in [9.17, 15) is 4.79 Å². The van der Waals surface area contributed by atoms with Gasteiger partial charge in [0.1, 0.15) is 5.69 Å². The Morgan fingerprint density at radius 1 is 1.37 bits per heavy atom. The van der Waals surface area contributed by atoms with Gasteiger partial charge in [-0.05, 0) is 39.7 Å². The van der Waals surface area contributed by atoms with Crippen LogP contribution in [0.1, 0.15) is 55.4 Å². The molecule has 1 saturated carbocycles. The maximum atomic E-state index is 15.5. The van der Waals surface area contributed by atoms with Crippen LogP contribution in [0.15, 0.2) is 24.7 Å². The molecule has 0 amide bonds. The van der Waals surface area contributed by atoms with Crippen molar-refractivity contribution in [2.75, 3.05) is 6.61 Å². The second-order valence-corrected chi connectivity index (χ2v) is 9.17. The second kappa shape index (κ2) is 6.38. The van der Waals surface area contributed by atoms with Crippen LogP contribution in [-0.4, -0.2) is 43.3 Å². The first-order valence-electron chi connectivity index (χ1n) is 10.2. The fourth-order valence-corrected chi connectivity index (χ4v) is 4.85. The fourth-order valence-electron chi connectivity index (χ4n) is 4.85. The van der Waals surface area contributed by atoms with Crippen molar-refractivity contribution in [1.29, 1.82) is 0 Å². The minimum Gasteiger partial charge on any atom is -0.487 e. The van der Waals surface area contributed by atoms with Gasteiger partial charge in [0.15, 0.2) is 17.2 Å². The smallest absolute Gasteiger partial charge is 0.208 e. The molecule has 3 aliphatic rings. The van der Waals surface area contributed by atoms with Crippen LogP contribution >= 0.6 is 0 Å². The summed E-state index contributed by atoms with van der Waals surface area (Å²) in [4.78, 5) is 17.3. The van der Waals surface area contributed by atoms with Crippen LogP contribution in [0.25, 0.3) is 5.65 Å². The molecule has 0 spiro atoms. The largest absolute Gasteiger partial charge is 0.487 e.